The number of methoxy groups -OCH3 is 2. The van der Waals surface area contributed by atoms with Crippen molar-refractivity contribution in [3.8, 4) is 0 Å². The van der Waals surface area contributed by atoms with Gasteiger partial charge in [-0.1, -0.05) is 6.07 Å². The number of aliphatic imine (C=N–C) groups is 1. The van der Waals surface area contributed by atoms with E-state index in [9.17, 15) is 9.59 Å². The second-order valence-electron chi connectivity index (χ2n) is 5.57. The number of benzene rings is 1. The van der Waals surface area contributed by atoms with Crippen LogP contribution >= 0.6 is 0 Å². The first-order valence-corrected chi connectivity index (χ1v) is 7.25. The van der Waals surface area contributed by atoms with Crippen molar-refractivity contribution >= 4 is 18.2 Å². The second-order valence-corrected chi connectivity index (χ2v) is 5.57. The molecule has 0 saturated heterocycles. The molecule has 0 heterocycles. The van der Waals surface area contributed by atoms with Crippen molar-refractivity contribution in [1.82, 2.24) is 0 Å². The van der Waals surface area contributed by atoms with Crippen LogP contribution in [-0.4, -0.2) is 39.4 Å². The van der Waals surface area contributed by atoms with Crippen molar-refractivity contribution in [2.45, 2.75) is 25.7 Å². The highest BCUT2D eigenvalue weighted by molar-refractivity contribution is 5.90. The van der Waals surface area contributed by atoms with E-state index in [1.54, 1.807) is 19.3 Å². The summed E-state index contributed by atoms with van der Waals surface area (Å²) < 4.78 is 9.77. The van der Waals surface area contributed by atoms with Gasteiger partial charge in [-0.2, -0.15) is 0 Å². The zero-order valence-corrected chi connectivity index (χ0v) is 13.2. The Hall–Kier alpha value is -2.17. The molecule has 0 radical (unpaired) electrons. The molecule has 22 heavy (non-hydrogen) atoms. The van der Waals surface area contributed by atoms with E-state index in [-0.39, 0.29) is 11.9 Å². The Balaban J connectivity index is 2.37. The Kier molecular flexibility index (Phi) is 4.96. The fourth-order valence-corrected chi connectivity index (χ4v) is 3.02. The molecule has 2 rings (SSSR count). The van der Waals surface area contributed by atoms with Crippen LogP contribution in [0.15, 0.2) is 23.2 Å². The van der Waals surface area contributed by atoms with Crippen LogP contribution in [0.5, 0.6) is 0 Å². The first-order chi connectivity index (χ1) is 10.6. The Labute approximate surface area is 130 Å². The molecule has 1 aromatic rings. The number of hydrogen-bond acceptors (Lipinski definition) is 5. The smallest absolute Gasteiger partial charge is 0.337 e. The normalized spacial score (nSPS) is 20.5. The van der Waals surface area contributed by atoms with Gasteiger partial charge in [-0.15, -0.1) is 0 Å². The van der Waals surface area contributed by atoms with Gasteiger partial charge in [0, 0.05) is 7.05 Å². The molecule has 0 spiro atoms. The monoisotopic (exact) mass is 303 g/mol. The molecule has 0 aromatic heterocycles. The van der Waals surface area contributed by atoms with Gasteiger partial charge < -0.3 is 14.5 Å². The van der Waals surface area contributed by atoms with Gasteiger partial charge in [0.05, 0.1) is 25.2 Å². The lowest BCUT2D eigenvalue weighted by Crippen LogP contribution is -2.38. The number of fused-ring (bicyclic) bond motifs is 1. The minimum atomic E-state index is -0.601. The van der Waals surface area contributed by atoms with E-state index in [0.29, 0.717) is 18.4 Å². The van der Waals surface area contributed by atoms with Crippen LogP contribution in [0.25, 0.3) is 0 Å². The highest BCUT2D eigenvalue weighted by Crippen LogP contribution is 2.39. The largest absolute Gasteiger partial charge is 0.469 e. The molecular formula is C17H21NO4. The van der Waals surface area contributed by atoms with Crippen molar-refractivity contribution in [1.29, 1.82) is 0 Å². The van der Waals surface area contributed by atoms with Gasteiger partial charge in [-0.05, 0) is 55.2 Å². The molecule has 0 fully saturated rings. The first-order valence-electron chi connectivity index (χ1n) is 7.25. The maximum Gasteiger partial charge on any atom is 0.337 e. The molecule has 5 nitrogen and oxygen atoms in total. The summed E-state index contributed by atoms with van der Waals surface area (Å²) in [4.78, 5) is 28.0. The van der Waals surface area contributed by atoms with E-state index in [1.165, 1.54) is 19.8 Å². The third-order valence-electron chi connectivity index (χ3n) is 4.31. The molecule has 1 aromatic carbocycles. The van der Waals surface area contributed by atoms with Crippen LogP contribution < -0.4 is 0 Å². The minimum absolute atomic E-state index is 0.221. The third kappa shape index (κ3) is 3.03. The zero-order valence-electron chi connectivity index (χ0n) is 13.2. The molecule has 0 aliphatic heterocycles. The molecule has 5 heteroatoms. The topological polar surface area (TPSA) is 65.0 Å². The summed E-state index contributed by atoms with van der Waals surface area (Å²) in [6.45, 7) is 0. The summed E-state index contributed by atoms with van der Waals surface area (Å²) in [5.41, 5.74) is 2.08. The van der Waals surface area contributed by atoms with E-state index in [1.807, 2.05) is 12.1 Å². The summed E-state index contributed by atoms with van der Waals surface area (Å²) in [7, 11) is 4.46. The first kappa shape index (κ1) is 16.2. The number of ether oxygens (including phenoxy) is 2. The third-order valence-corrected chi connectivity index (χ3v) is 4.31. The summed E-state index contributed by atoms with van der Waals surface area (Å²) >= 11 is 0. The Morgan fingerprint density at radius 3 is 2.68 bits per heavy atom. The van der Waals surface area contributed by atoms with Crippen molar-refractivity contribution in [3.63, 3.8) is 0 Å². The molecule has 0 amide bonds. The maximum atomic E-state index is 12.3. The van der Waals surface area contributed by atoms with E-state index < -0.39 is 5.41 Å². The van der Waals surface area contributed by atoms with Crippen molar-refractivity contribution in [2.24, 2.45) is 10.4 Å². The van der Waals surface area contributed by atoms with Crippen LogP contribution in [0.4, 0.5) is 0 Å². The number of hydrogen-bond donors (Lipinski definition) is 0. The van der Waals surface area contributed by atoms with Crippen LogP contribution in [0, 0.1) is 5.41 Å². The van der Waals surface area contributed by atoms with Crippen LogP contribution in [0.3, 0.4) is 0 Å². The lowest BCUT2D eigenvalue weighted by atomic mass is 9.69. The lowest BCUT2D eigenvalue weighted by molar-refractivity contribution is -0.153. The number of esters is 2. The van der Waals surface area contributed by atoms with Crippen molar-refractivity contribution in [2.75, 3.05) is 21.3 Å². The summed E-state index contributed by atoms with van der Waals surface area (Å²) in [5, 5.41) is 0. The standard InChI is InChI=1S/C17H21NO4/c1-18-9-8-17(16(20)22-3)7-6-12-4-5-13(15(19)21-2)10-14(12)11-17/h4-5,9-10H,6-8,11H2,1-3H3/b18-9+. The molecule has 1 unspecified atom stereocenters. The Morgan fingerprint density at radius 1 is 1.27 bits per heavy atom. The van der Waals surface area contributed by atoms with E-state index >= 15 is 0 Å². The van der Waals surface area contributed by atoms with E-state index in [2.05, 4.69) is 4.99 Å². The molecule has 0 saturated carbocycles. The average molecular weight is 303 g/mol. The fraction of sp³-hybridized carbons (Fsp3) is 0.471. The predicted molar refractivity (Wildman–Crippen MR) is 83.3 cm³/mol. The number of carbonyl (C=O) groups is 2. The lowest BCUT2D eigenvalue weighted by Gasteiger charge is -2.34. The molecular weight excluding hydrogens is 282 g/mol. The van der Waals surface area contributed by atoms with Gasteiger partial charge in [0.2, 0.25) is 0 Å². The highest BCUT2D eigenvalue weighted by Gasteiger charge is 2.41. The van der Waals surface area contributed by atoms with E-state index in [0.717, 1.165) is 18.4 Å². The molecule has 0 N–H and O–H groups in total. The van der Waals surface area contributed by atoms with Gasteiger partial charge in [-0.3, -0.25) is 4.79 Å². The number of nitrogens with zero attached hydrogens (tertiary/aromatic N) is 1. The van der Waals surface area contributed by atoms with E-state index in [4.69, 9.17) is 9.47 Å². The van der Waals surface area contributed by atoms with Crippen molar-refractivity contribution in [3.05, 3.63) is 34.9 Å². The zero-order chi connectivity index (χ0) is 16.2. The SMILES string of the molecule is C/N=C/CC1(C(=O)OC)CCc2ccc(C(=O)OC)cc2C1. The van der Waals surface area contributed by atoms with Gasteiger partial charge >= 0.3 is 11.9 Å². The maximum absolute atomic E-state index is 12.3. The molecule has 1 aliphatic carbocycles. The Morgan fingerprint density at radius 2 is 2.05 bits per heavy atom. The van der Waals surface area contributed by atoms with Gasteiger partial charge in [0.15, 0.2) is 0 Å². The minimum Gasteiger partial charge on any atom is -0.469 e. The van der Waals surface area contributed by atoms with Crippen LogP contribution in [-0.2, 0) is 27.1 Å². The average Bonchev–Trinajstić information content (AvgIpc) is 2.57. The second kappa shape index (κ2) is 6.73. The highest BCUT2D eigenvalue weighted by atomic mass is 16.5. The Bertz CT molecular complexity index is 609. The fourth-order valence-electron chi connectivity index (χ4n) is 3.02. The summed E-state index contributed by atoms with van der Waals surface area (Å²) in [6, 6.07) is 5.53. The van der Waals surface area contributed by atoms with Crippen LogP contribution in [0.1, 0.15) is 34.3 Å². The summed E-state index contributed by atoms with van der Waals surface area (Å²) in [6.07, 6.45) is 4.34. The van der Waals surface area contributed by atoms with Crippen LogP contribution in [0.2, 0.25) is 0 Å². The van der Waals surface area contributed by atoms with Gasteiger partial charge in [0.25, 0.3) is 0 Å². The molecule has 118 valence electrons. The van der Waals surface area contributed by atoms with Gasteiger partial charge in [-0.25, -0.2) is 4.79 Å². The number of rotatable bonds is 4. The summed E-state index contributed by atoms with van der Waals surface area (Å²) in [5.74, 6) is -0.589. The number of aryl methyl sites for hydroxylation is 1. The molecule has 0 bridgehead atoms. The number of carbonyl (C=O) groups excluding carboxylic acids is 2. The molecule has 1 aliphatic rings. The molecule has 1 atom stereocenters. The van der Waals surface area contributed by atoms with Crippen molar-refractivity contribution < 1.29 is 19.1 Å². The quantitative estimate of drug-likeness (QED) is 0.632. The predicted octanol–water partition coefficient (Wildman–Crippen LogP) is 2.21. The van der Waals surface area contributed by atoms with Gasteiger partial charge in [0.1, 0.15) is 0 Å².